The summed E-state index contributed by atoms with van der Waals surface area (Å²) in [7, 11) is -4.20. The summed E-state index contributed by atoms with van der Waals surface area (Å²) in [5, 5.41) is 13.8. The van der Waals surface area contributed by atoms with E-state index in [1.807, 2.05) is 6.08 Å². The van der Waals surface area contributed by atoms with Crippen molar-refractivity contribution >= 4 is 30.5 Å². The number of nitrogens with one attached hydrogen (secondary N) is 1. The van der Waals surface area contributed by atoms with Crippen LogP contribution in [0.2, 0.25) is 0 Å². The Hall–Kier alpha value is -2.37. The number of imidazole rings is 1. The highest BCUT2D eigenvalue weighted by atomic mass is 31.2. The number of aromatic nitrogens is 4. The zero-order chi connectivity index (χ0) is 35.0. The number of carbonyl (C=O) groups is 1. The van der Waals surface area contributed by atoms with Gasteiger partial charge in [-0.25, -0.2) is 15.0 Å². The second kappa shape index (κ2) is 24.7. The summed E-state index contributed by atoms with van der Waals surface area (Å²) < 4.78 is 25.6. The summed E-state index contributed by atoms with van der Waals surface area (Å²) in [6, 6.07) is -0.873. The van der Waals surface area contributed by atoms with Crippen molar-refractivity contribution < 1.29 is 28.6 Å². The molecule has 5 N–H and O–H groups in total. The number of aliphatic hydroxyl groups excluding tert-OH is 1. The Kier molecular flexibility index (Phi) is 21.5. The summed E-state index contributed by atoms with van der Waals surface area (Å²) in [4.78, 5) is 35.6. The molecule has 0 saturated heterocycles. The Labute approximate surface area is 288 Å². The van der Waals surface area contributed by atoms with Crippen LogP contribution in [0.3, 0.4) is 0 Å². The largest absolute Gasteiger partial charge is 0.387 e. The number of fused-ring (bicyclic) bond motifs is 1. The van der Waals surface area contributed by atoms with Gasteiger partial charge in [-0.2, -0.15) is 0 Å². The predicted octanol–water partition coefficient (Wildman–Crippen LogP) is 7.44. The number of hydrogen-bond donors (Lipinski definition) is 4. The van der Waals surface area contributed by atoms with Crippen LogP contribution in [0.15, 0.2) is 24.8 Å². The van der Waals surface area contributed by atoms with Crippen molar-refractivity contribution in [1.29, 1.82) is 0 Å². The number of hydrogen-bond acceptors (Lipinski definition) is 9. The van der Waals surface area contributed by atoms with E-state index >= 15 is 0 Å². The number of nitrogens with zero attached hydrogens (tertiary/aromatic N) is 4. The Morgan fingerprint density at radius 2 is 1.56 bits per heavy atom. The molecular formula is C35H63N6O6P. The molecule has 2 rings (SSSR count). The fourth-order valence-electron chi connectivity index (χ4n) is 5.51. The topological polar surface area (TPSA) is 175 Å². The Bertz CT molecular complexity index is 1230. The maximum atomic E-state index is 12.9. The van der Waals surface area contributed by atoms with Crippen molar-refractivity contribution in [3.63, 3.8) is 0 Å². The number of unbranched alkanes of at least 4 members (excludes halogenated alkanes) is 15. The second-order valence-corrected chi connectivity index (χ2v) is 14.7. The molecule has 4 atom stereocenters. The standard InChI is InChI=1S/C35H63N6O6P/c1-4-6-8-10-11-12-13-14-15-16-17-19-20-22-31(42)30(40-32(43)23-21-18-9-7-5-2)25-47-48(44,45)28-46-29(3)24-41-27-39-33-34(36)37-26-38-35(33)41/h20,22,26-27,29-31,42H,4-19,21,23-25,28H2,1-3H3,(H,40,43)(H,44,45)(H2,36,37,38). The molecule has 0 aliphatic rings. The minimum absolute atomic E-state index is 0.215. The predicted molar refractivity (Wildman–Crippen MR) is 192 cm³/mol. The van der Waals surface area contributed by atoms with E-state index in [1.165, 1.54) is 64.1 Å². The molecule has 13 heteroatoms. The molecule has 48 heavy (non-hydrogen) atoms. The van der Waals surface area contributed by atoms with Crippen molar-refractivity contribution in [2.45, 2.75) is 161 Å². The number of nitrogens with two attached hydrogens (primary N) is 1. The van der Waals surface area contributed by atoms with Crippen LogP contribution >= 0.6 is 7.60 Å². The van der Waals surface area contributed by atoms with E-state index in [4.69, 9.17) is 15.0 Å². The van der Waals surface area contributed by atoms with E-state index in [2.05, 4.69) is 34.1 Å². The molecule has 0 radical (unpaired) electrons. The highest BCUT2D eigenvalue weighted by molar-refractivity contribution is 7.52. The third kappa shape index (κ3) is 17.9. The van der Waals surface area contributed by atoms with Crippen LogP contribution in [0, 0.1) is 0 Å². The summed E-state index contributed by atoms with van der Waals surface area (Å²) in [5.41, 5.74) is 6.86. The number of anilines is 1. The SMILES string of the molecule is CCCCCCCCCCCCCC=CC(O)C(COP(=O)(O)COC(C)Cn1cnc2c(N)ncnc21)NC(=O)CCCCCCC. The van der Waals surface area contributed by atoms with Crippen LogP contribution in [0.1, 0.15) is 136 Å². The molecule has 0 bridgehead atoms. The maximum absolute atomic E-state index is 12.9. The third-order valence-corrected chi connectivity index (χ3v) is 9.46. The maximum Gasteiger partial charge on any atom is 0.353 e. The Morgan fingerprint density at radius 1 is 0.958 bits per heavy atom. The minimum Gasteiger partial charge on any atom is -0.387 e. The molecule has 0 spiro atoms. The van der Waals surface area contributed by atoms with Crippen molar-refractivity contribution in [1.82, 2.24) is 24.8 Å². The Morgan fingerprint density at radius 3 is 2.21 bits per heavy atom. The van der Waals surface area contributed by atoms with Gasteiger partial charge in [0.05, 0.1) is 37.7 Å². The molecule has 2 heterocycles. The van der Waals surface area contributed by atoms with E-state index in [0.29, 0.717) is 24.1 Å². The van der Waals surface area contributed by atoms with E-state index in [0.717, 1.165) is 51.4 Å². The van der Waals surface area contributed by atoms with E-state index in [9.17, 15) is 19.4 Å². The molecule has 2 aromatic rings. The van der Waals surface area contributed by atoms with Gasteiger partial charge in [0.15, 0.2) is 11.5 Å². The summed E-state index contributed by atoms with van der Waals surface area (Å²) >= 11 is 0. The lowest BCUT2D eigenvalue weighted by Gasteiger charge is -2.24. The number of nitrogen functional groups attached to an aromatic ring is 1. The molecule has 0 aliphatic heterocycles. The van der Waals surface area contributed by atoms with Crippen molar-refractivity contribution in [3.05, 3.63) is 24.8 Å². The smallest absolute Gasteiger partial charge is 0.353 e. The molecule has 0 fully saturated rings. The summed E-state index contributed by atoms with van der Waals surface area (Å²) in [6.07, 6.45) is 24.5. The first-order valence-electron chi connectivity index (χ1n) is 18.3. The number of ether oxygens (including phenoxy) is 1. The van der Waals surface area contributed by atoms with Crippen LogP contribution in [0.25, 0.3) is 11.2 Å². The lowest BCUT2D eigenvalue weighted by atomic mass is 10.0. The van der Waals surface area contributed by atoms with Gasteiger partial charge < -0.3 is 34.9 Å². The number of aliphatic hydroxyl groups is 1. The normalized spacial score (nSPS) is 15.1. The van der Waals surface area contributed by atoms with Crippen LogP contribution in [0.4, 0.5) is 5.82 Å². The average Bonchev–Trinajstić information content (AvgIpc) is 3.47. The molecule has 12 nitrogen and oxygen atoms in total. The molecule has 2 aromatic heterocycles. The first-order chi connectivity index (χ1) is 23.2. The molecule has 0 aromatic carbocycles. The van der Waals surface area contributed by atoms with Crippen molar-refractivity contribution in [2.75, 3.05) is 18.7 Å². The van der Waals surface area contributed by atoms with Crippen LogP contribution in [-0.4, -0.2) is 66.6 Å². The van der Waals surface area contributed by atoms with E-state index in [1.54, 1.807) is 23.9 Å². The number of carbonyl (C=O) groups excluding carboxylic acids is 1. The van der Waals surface area contributed by atoms with Crippen LogP contribution in [-0.2, 0) is 25.2 Å². The fraction of sp³-hybridized carbons (Fsp3) is 0.771. The van der Waals surface area contributed by atoms with E-state index < -0.39 is 32.2 Å². The van der Waals surface area contributed by atoms with Gasteiger partial charge in [-0.05, 0) is 26.2 Å². The molecular weight excluding hydrogens is 631 g/mol. The van der Waals surface area contributed by atoms with Crippen molar-refractivity contribution in [2.24, 2.45) is 0 Å². The highest BCUT2D eigenvalue weighted by Gasteiger charge is 2.27. The first-order valence-corrected chi connectivity index (χ1v) is 20.1. The third-order valence-electron chi connectivity index (χ3n) is 8.43. The van der Waals surface area contributed by atoms with E-state index in [-0.39, 0.29) is 18.3 Å². The summed E-state index contributed by atoms with van der Waals surface area (Å²) in [5.74, 6) is 0.0531. The van der Waals surface area contributed by atoms with Crippen LogP contribution in [0.5, 0.6) is 0 Å². The fourth-order valence-corrected chi connectivity index (χ4v) is 6.42. The molecule has 0 aliphatic carbocycles. The molecule has 0 saturated carbocycles. The van der Waals surface area contributed by atoms with Gasteiger partial charge >= 0.3 is 7.60 Å². The highest BCUT2D eigenvalue weighted by Crippen LogP contribution is 2.42. The van der Waals surface area contributed by atoms with Gasteiger partial charge in [0.1, 0.15) is 18.2 Å². The van der Waals surface area contributed by atoms with Crippen LogP contribution < -0.4 is 11.1 Å². The molecule has 4 unspecified atom stereocenters. The van der Waals surface area contributed by atoms with Gasteiger partial charge in [0, 0.05) is 6.42 Å². The average molecular weight is 695 g/mol. The van der Waals surface area contributed by atoms with Gasteiger partial charge in [-0.15, -0.1) is 0 Å². The molecule has 1 amide bonds. The second-order valence-electron chi connectivity index (χ2n) is 12.9. The van der Waals surface area contributed by atoms with Gasteiger partial charge in [-0.3, -0.25) is 9.36 Å². The minimum atomic E-state index is -4.20. The number of amides is 1. The molecule has 274 valence electrons. The monoisotopic (exact) mass is 694 g/mol. The van der Waals surface area contributed by atoms with Gasteiger partial charge in [-0.1, -0.05) is 116 Å². The quantitative estimate of drug-likeness (QED) is 0.0381. The summed E-state index contributed by atoms with van der Waals surface area (Å²) in [6.45, 7) is 6.12. The number of allylic oxidation sites excluding steroid dienone is 1. The lowest BCUT2D eigenvalue weighted by Crippen LogP contribution is -2.45. The van der Waals surface area contributed by atoms with Gasteiger partial charge in [0.2, 0.25) is 5.91 Å². The van der Waals surface area contributed by atoms with Crippen molar-refractivity contribution in [3.8, 4) is 0 Å². The zero-order valence-electron chi connectivity index (χ0n) is 29.7. The number of rotatable bonds is 29. The Balaban J connectivity index is 1.80. The lowest BCUT2D eigenvalue weighted by molar-refractivity contribution is -0.122. The first kappa shape index (κ1) is 41.8. The zero-order valence-corrected chi connectivity index (χ0v) is 30.6. The van der Waals surface area contributed by atoms with Gasteiger partial charge in [0.25, 0.3) is 0 Å².